The molecule has 1 aliphatic carbocycles. The van der Waals surface area contributed by atoms with Crippen LogP contribution in [0.5, 0.6) is 17.2 Å². The van der Waals surface area contributed by atoms with E-state index in [4.69, 9.17) is 46.9 Å². The first-order valence-corrected chi connectivity index (χ1v) is 26.6. The highest BCUT2D eigenvalue weighted by Gasteiger charge is 2.45. The van der Waals surface area contributed by atoms with E-state index in [2.05, 4.69) is 9.88 Å². The van der Waals surface area contributed by atoms with E-state index in [1.807, 2.05) is 36.4 Å². The van der Waals surface area contributed by atoms with Crippen molar-refractivity contribution in [1.82, 2.24) is 4.90 Å². The highest BCUT2D eigenvalue weighted by molar-refractivity contribution is 8.02. The van der Waals surface area contributed by atoms with Crippen molar-refractivity contribution in [2.24, 2.45) is 11.8 Å². The first kappa shape index (κ1) is 52.0. The summed E-state index contributed by atoms with van der Waals surface area (Å²) >= 11 is 14.2. The topological polar surface area (TPSA) is 179 Å². The van der Waals surface area contributed by atoms with Crippen LogP contribution in [0.4, 0.5) is 8.78 Å². The smallest absolute Gasteiger partial charge is 0.387 e. The summed E-state index contributed by atoms with van der Waals surface area (Å²) in [5.41, 5.74) is 2.34. The summed E-state index contributed by atoms with van der Waals surface area (Å²) in [6, 6.07) is 26.2. The zero-order chi connectivity index (χ0) is 48.9. The fourth-order valence-corrected chi connectivity index (χ4v) is 13.7. The minimum absolute atomic E-state index is 0. The second kappa shape index (κ2) is 23.1. The average molecular weight is 1050 g/mol. The Morgan fingerprint density at radius 2 is 1.55 bits per heavy atom. The van der Waals surface area contributed by atoms with Gasteiger partial charge in [-0.2, -0.15) is 8.78 Å². The molecular weight excluding hydrogens is 1000 g/mol. The Bertz CT molecular complexity index is 2800. The second-order valence-electron chi connectivity index (χ2n) is 18.1. The van der Waals surface area contributed by atoms with Crippen LogP contribution in [0.15, 0.2) is 114 Å². The van der Waals surface area contributed by atoms with E-state index in [-0.39, 0.29) is 87.1 Å². The number of hydrogen-bond acceptors (Lipinski definition) is 13. The number of hydrogen-bond donors (Lipinski definition) is 0. The standard InChI is InChI=1S/C52H50Cl2F2N2O10S2.H2O/c53-41-27-57-28-42(54)40(41)25-44(35-14-15-43(68-52(55)56)45(24-35)64-30-31-12-13-31)67-51(61)49-47(18-21-69-49)70(62,63)38-11-5-9-36(23-38)50(60)65-37-10-4-8-34(22-37)39(32-6-2-1-3-7-32)26-48(59)66-46-29-58-19-16-33(46)17-20-58;/h1-11,14-15,22-24,27-28,31,33,39,44,46-47,49,52H,12-13,16-21,25-26,29-30H2;1H2/t39-,44-,46-,47?,49+;/m0./s1. The molecule has 1 unspecified atom stereocenters. The number of nitrogens with zero attached hydrogens (tertiary/aromatic N) is 1. The Labute approximate surface area is 424 Å². The SMILES string of the molecule is O=C(C[C@@H](c1ccccc1)c1cccc(OC(=O)c2cccc(S(=O)(=O)C3CCS[C@H]3C(=O)O[C@@H](Cc3c(Cl)c[nH+]cc3Cl)c3ccc(OC(F)F)c(OCC4CC4)c3)c2)c1)O[C@H]1CN2CCC1CC2.[OH-]. The number of benzene rings is 4. The van der Waals surface area contributed by atoms with Gasteiger partial charge in [0.05, 0.1) is 28.7 Å². The number of rotatable bonds is 19. The Balaban J connectivity index is 0.00000676. The summed E-state index contributed by atoms with van der Waals surface area (Å²) in [7, 11) is -4.27. The van der Waals surface area contributed by atoms with E-state index in [0.29, 0.717) is 22.8 Å². The first-order chi connectivity index (χ1) is 33.8. The minimum Gasteiger partial charge on any atom is -0.870 e. The van der Waals surface area contributed by atoms with Crippen molar-refractivity contribution in [1.29, 1.82) is 0 Å². The number of carbonyl (C=O) groups excluding carboxylic acids is 3. The Morgan fingerprint density at radius 1 is 0.817 bits per heavy atom. The number of thioether (sulfide) groups is 1. The lowest BCUT2D eigenvalue weighted by atomic mass is 9.85. The van der Waals surface area contributed by atoms with Crippen molar-refractivity contribution < 1.29 is 65.7 Å². The van der Waals surface area contributed by atoms with Gasteiger partial charge in [-0.1, -0.05) is 77.8 Å². The third-order valence-electron chi connectivity index (χ3n) is 13.4. The molecule has 13 nitrogen and oxygen atoms in total. The molecule has 4 aromatic carbocycles. The third kappa shape index (κ3) is 12.7. The number of nitrogens with one attached hydrogen (secondary N) is 1. The Morgan fingerprint density at radius 3 is 2.25 bits per heavy atom. The molecular formula is C52H52Cl2F2N2O11S2. The van der Waals surface area contributed by atoms with Gasteiger partial charge in [-0.05, 0) is 122 Å². The van der Waals surface area contributed by atoms with Gasteiger partial charge in [0.1, 0.15) is 33.3 Å². The van der Waals surface area contributed by atoms with Gasteiger partial charge < -0.3 is 29.2 Å². The number of piperidine rings is 3. The Hall–Kier alpha value is -5.30. The van der Waals surface area contributed by atoms with Crippen molar-refractivity contribution in [2.45, 2.75) is 85.1 Å². The monoisotopic (exact) mass is 1050 g/mol. The summed E-state index contributed by atoms with van der Waals surface area (Å²) in [5.74, 6) is -1.36. The molecule has 4 saturated heterocycles. The number of esters is 3. The lowest BCUT2D eigenvalue weighted by Crippen LogP contribution is -2.52. The fourth-order valence-electron chi connectivity index (χ4n) is 9.40. The first-order valence-electron chi connectivity index (χ1n) is 23.3. The molecule has 5 heterocycles. The maximum absolute atomic E-state index is 14.5. The fraction of sp³-hybridized carbons (Fsp3) is 0.385. The molecule has 5 aromatic rings. The van der Waals surface area contributed by atoms with Gasteiger partial charge in [0, 0.05) is 24.4 Å². The van der Waals surface area contributed by atoms with E-state index in [1.54, 1.807) is 18.2 Å². The van der Waals surface area contributed by atoms with Crippen LogP contribution in [-0.2, 0) is 35.3 Å². The van der Waals surface area contributed by atoms with Gasteiger partial charge in [0.15, 0.2) is 33.7 Å². The molecule has 0 amide bonds. The van der Waals surface area contributed by atoms with Crippen LogP contribution >= 0.6 is 35.0 Å². The summed E-state index contributed by atoms with van der Waals surface area (Å²) in [4.78, 5) is 46.5. The number of fused-ring (bicyclic) bond motifs is 3. The van der Waals surface area contributed by atoms with E-state index in [1.165, 1.54) is 54.9 Å². The number of alkyl halides is 2. The van der Waals surface area contributed by atoms with Crippen molar-refractivity contribution in [3.8, 4) is 17.2 Å². The van der Waals surface area contributed by atoms with Gasteiger partial charge >= 0.3 is 24.5 Å². The normalized spacial score (nSPS) is 21.4. The van der Waals surface area contributed by atoms with E-state index in [0.717, 1.165) is 68.2 Å². The van der Waals surface area contributed by atoms with Gasteiger partial charge in [0.2, 0.25) is 0 Å². The molecule has 1 aromatic heterocycles. The molecule has 2 bridgehead atoms. The molecule has 71 heavy (non-hydrogen) atoms. The van der Waals surface area contributed by atoms with E-state index >= 15 is 0 Å². The molecule has 376 valence electrons. The molecule has 19 heteroatoms. The highest BCUT2D eigenvalue weighted by Crippen LogP contribution is 2.41. The van der Waals surface area contributed by atoms with Gasteiger partial charge in [-0.15, -0.1) is 11.8 Å². The summed E-state index contributed by atoms with van der Waals surface area (Å²) in [6.45, 7) is -0.0443. The van der Waals surface area contributed by atoms with Crippen molar-refractivity contribution in [3.05, 3.63) is 147 Å². The molecule has 4 aliphatic heterocycles. The average Bonchev–Trinajstić information content (AvgIpc) is 4.05. The number of sulfone groups is 1. The highest BCUT2D eigenvalue weighted by atomic mass is 35.5. The number of pyridine rings is 1. The molecule has 5 atom stereocenters. The summed E-state index contributed by atoms with van der Waals surface area (Å²) < 4.78 is 84.5. The van der Waals surface area contributed by atoms with Crippen molar-refractivity contribution >= 4 is 62.7 Å². The number of aromatic amines is 1. The van der Waals surface area contributed by atoms with E-state index in [9.17, 15) is 31.6 Å². The molecule has 2 N–H and O–H groups in total. The van der Waals surface area contributed by atoms with Gasteiger partial charge in [0.25, 0.3) is 0 Å². The molecule has 10 rings (SSSR count). The number of carbonyl (C=O) groups is 3. The quantitative estimate of drug-likeness (QED) is 0.0564. The van der Waals surface area contributed by atoms with Crippen LogP contribution in [0.2, 0.25) is 10.0 Å². The minimum atomic E-state index is -4.27. The molecule has 5 aliphatic rings. The predicted octanol–water partition coefficient (Wildman–Crippen LogP) is 9.57. The van der Waals surface area contributed by atoms with Crippen LogP contribution in [-0.4, -0.2) is 91.9 Å². The zero-order valence-corrected chi connectivity index (χ0v) is 41.4. The molecule has 5 fully saturated rings. The number of ether oxygens (including phenoxy) is 5. The molecule has 0 radical (unpaired) electrons. The Kier molecular flexibility index (Phi) is 16.9. The third-order valence-corrected chi connectivity index (χ3v) is 17.8. The predicted molar refractivity (Wildman–Crippen MR) is 260 cm³/mol. The van der Waals surface area contributed by atoms with Crippen LogP contribution in [0, 0.1) is 11.8 Å². The summed E-state index contributed by atoms with van der Waals surface area (Å²) in [6.07, 6.45) is 5.79. The lowest BCUT2D eigenvalue weighted by molar-refractivity contribution is -0.377. The maximum Gasteiger partial charge on any atom is 0.387 e. The van der Waals surface area contributed by atoms with Gasteiger partial charge in [-0.25, -0.2) is 18.2 Å². The van der Waals surface area contributed by atoms with Gasteiger partial charge in [-0.3, -0.25) is 14.5 Å². The van der Waals surface area contributed by atoms with Crippen LogP contribution in [0.3, 0.4) is 0 Å². The summed E-state index contributed by atoms with van der Waals surface area (Å²) in [5, 5.41) is -1.94. The largest absolute Gasteiger partial charge is 0.870 e. The van der Waals surface area contributed by atoms with E-state index < -0.39 is 50.9 Å². The number of halogens is 4. The van der Waals surface area contributed by atoms with Crippen molar-refractivity contribution in [3.63, 3.8) is 0 Å². The van der Waals surface area contributed by atoms with Crippen molar-refractivity contribution in [2.75, 3.05) is 32.0 Å². The number of H-pyrrole nitrogens is 1. The lowest BCUT2D eigenvalue weighted by Gasteiger charge is -2.44. The molecule has 1 saturated carbocycles. The second-order valence-corrected chi connectivity index (χ2v) is 22.3. The molecule has 0 spiro atoms. The zero-order valence-electron chi connectivity index (χ0n) is 38.3. The number of aromatic nitrogens is 1. The van der Waals surface area contributed by atoms with Crippen LogP contribution in [0.1, 0.15) is 83.2 Å². The van der Waals surface area contributed by atoms with Crippen LogP contribution in [0.25, 0.3) is 0 Å². The van der Waals surface area contributed by atoms with Crippen LogP contribution < -0.4 is 19.2 Å². The maximum atomic E-state index is 14.5.